The first-order valence-corrected chi connectivity index (χ1v) is 10.1. The summed E-state index contributed by atoms with van der Waals surface area (Å²) in [6.45, 7) is 1.85. The third kappa shape index (κ3) is 5.90. The van der Waals surface area contributed by atoms with Gasteiger partial charge in [-0.05, 0) is 59.7 Å². The number of halogens is 5. The van der Waals surface area contributed by atoms with Crippen molar-refractivity contribution in [2.45, 2.75) is 25.9 Å². The van der Waals surface area contributed by atoms with Gasteiger partial charge < -0.3 is 10.4 Å². The summed E-state index contributed by atoms with van der Waals surface area (Å²) in [7, 11) is 0. The quantitative estimate of drug-likeness (QED) is 0.179. The van der Waals surface area contributed by atoms with E-state index in [4.69, 9.17) is 28.0 Å². The molecule has 1 amide bonds. The maximum absolute atomic E-state index is 14.5. The van der Waals surface area contributed by atoms with Crippen LogP contribution in [-0.2, 0) is 4.84 Å². The number of anilines is 2. The van der Waals surface area contributed by atoms with Gasteiger partial charge in [-0.1, -0.05) is 30.1 Å². The summed E-state index contributed by atoms with van der Waals surface area (Å²) < 4.78 is 29.3. The number of hydrogen-bond donors (Lipinski definition) is 3. The van der Waals surface area contributed by atoms with Crippen LogP contribution in [0, 0.1) is 15.2 Å². The first-order valence-electron chi connectivity index (χ1n) is 8.24. The Balaban J connectivity index is 2.26. The molecule has 2 aromatic carbocycles. The van der Waals surface area contributed by atoms with Crippen LogP contribution < -0.4 is 10.8 Å². The third-order valence-electron chi connectivity index (χ3n) is 3.79. The Bertz CT molecular complexity index is 871. The van der Waals surface area contributed by atoms with Gasteiger partial charge in [-0.3, -0.25) is 9.63 Å². The Morgan fingerprint density at radius 1 is 1.25 bits per heavy atom. The molecule has 1 atom stereocenters. The molecule has 0 saturated heterocycles. The first kappa shape index (κ1) is 23.1. The van der Waals surface area contributed by atoms with Crippen molar-refractivity contribution in [3.63, 3.8) is 0 Å². The highest BCUT2D eigenvalue weighted by Crippen LogP contribution is 2.33. The van der Waals surface area contributed by atoms with Crippen LogP contribution in [-0.4, -0.2) is 23.7 Å². The van der Waals surface area contributed by atoms with Crippen LogP contribution in [0.15, 0.2) is 24.3 Å². The number of aliphatic hydroxyl groups is 1. The lowest BCUT2D eigenvalue weighted by Crippen LogP contribution is -2.26. The number of nitrogens with one attached hydrogen (secondary N) is 2. The van der Waals surface area contributed by atoms with E-state index >= 15 is 0 Å². The van der Waals surface area contributed by atoms with Gasteiger partial charge in [0.2, 0.25) is 0 Å². The smallest absolute Gasteiger partial charge is 0.277 e. The van der Waals surface area contributed by atoms with E-state index in [1.807, 2.05) is 0 Å². The third-order valence-corrected chi connectivity index (χ3v) is 5.05. The molecule has 1 unspecified atom stereocenters. The molecule has 2 aromatic rings. The second-order valence-electron chi connectivity index (χ2n) is 5.79. The second kappa shape index (κ2) is 10.5. The minimum atomic E-state index is -1.33. The zero-order valence-electron chi connectivity index (χ0n) is 14.7. The zero-order valence-corrected chi connectivity index (χ0v) is 18.3. The van der Waals surface area contributed by atoms with Gasteiger partial charge in [0.1, 0.15) is 0 Å². The molecule has 3 N–H and O–H groups in total. The number of aliphatic hydroxyl groups excluding tert-OH is 1. The Labute approximate surface area is 184 Å². The SMILES string of the molecule is CCC(O)CCONC(=O)c1cc(Cl)c(F)c(F)c1Nc1ccc(I)cc1Cl. The summed E-state index contributed by atoms with van der Waals surface area (Å²) >= 11 is 13.9. The van der Waals surface area contributed by atoms with Crippen LogP contribution >= 0.6 is 45.8 Å². The van der Waals surface area contributed by atoms with Gasteiger partial charge in [-0.15, -0.1) is 0 Å². The summed E-state index contributed by atoms with van der Waals surface area (Å²) in [6.07, 6.45) is 0.287. The van der Waals surface area contributed by atoms with Crippen molar-refractivity contribution >= 4 is 63.1 Å². The largest absolute Gasteiger partial charge is 0.393 e. The summed E-state index contributed by atoms with van der Waals surface area (Å²) in [5.74, 6) is -3.46. The lowest BCUT2D eigenvalue weighted by atomic mass is 10.1. The predicted octanol–water partition coefficient (Wildman–Crippen LogP) is 5.44. The summed E-state index contributed by atoms with van der Waals surface area (Å²) in [4.78, 5) is 17.4. The fraction of sp³-hybridized carbons (Fsp3) is 0.278. The van der Waals surface area contributed by atoms with Crippen molar-refractivity contribution in [1.29, 1.82) is 0 Å². The number of amides is 1. The van der Waals surface area contributed by atoms with E-state index < -0.39 is 34.4 Å². The maximum Gasteiger partial charge on any atom is 0.277 e. The molecule has 0 heterocycles. The summed E-state index contributed by atoms with van der Waals surface area (Å²) in [5, 5.41) is 11.8. The fourth-order valence-electron chi connectivity index (χ4n) is 2.19. The van der Waals surface area contributed by atoms with E-state index in [-0.39, 0.29) is 22.9 Å². The highest BCUT2D eigenvalue weighted by atomic mass is 127. The Hall–Kier alpha value is -1.20. The van der Waals surface area contributed by atoms with E-state index in [0.717, 1.165) is 9.64 Å². The van der Waals surface area contributed by atoms with E-state index in [1.165, 1.54) is 0 Å². The lowest BCUT2D eigenvalue weighted by Gasteiger charge is -2.16. The molecule has 0 spiro atoms. The molecule has 0 bridgehead atoms. The monoisotopic (exact) mass is 544 g/mol. The molecule has 0 fully saturated rings. The molecule has 0 aromatic heterocycles. The lowest BCUT2D eigenvalue weighted by molar-refractivity contribution is 0.0161. The normalized spacial score (nSPS) is 12.0. The van der Waals surface area contributed by atoms with E-state index in [1.54, 1.807) is 25.1 Å². The number of hydrogen-bond acceptors (Lipinski definition) is 4. The zero-order chi connectivity index (χ0) is 20.8. The predicted molar refractivity (Wildman–Crippen MR) is 113 cm³/mol. The number of rotatable bonds is 8. The van der Waals surface area contributed by atoms with Gasteiger partial charge in [-0.25, -0.2) is 14.3 Å². The first-order chi connectivity index (χ1) is 13.2. The van der Waals surface area contributed by atoms with Crippen LogP contribution in [0.3, 0.4) is 0 Å². The Morgan fingerprint density at radius 2 is 1.96 bits per heavy atom. The molecule has 152 valence electrons. The molecule has 28 heavy (non-hydrogen) atoms. The Morgan fingerprint density at radius 3 is 2.61 bits per heavy atom. The van der Waals surface area contributed by atoms with E-state index in [9.17, 15) is 18.7 Å². The number of carbonyl (C=O) groups is 1. The topological polar surface area (TPSA) is 70.6 Å². The van der Waals surface area contributed by atoms with Crippen LogP contribution in [0.1, 0.15) is 30.1 Å². The van der Waals surface area contributed by atoms with Crippen molar-refractivity contribution in [3.05, 3.63) is 55.1 Å². The van der Waals surface area contributed by atoms with Crippen molar-refractivity contribution in [3.8, 4) is 0 Å². The minimum absolute atomic E-state index is 0.0455. The number of hydroxylamine groups is 1. The van der Waals surface area contributed by atoms with Gasteiger partial charge in [0.05, 0.1) is 39.7 Å². The Kier molecular flexibility index (Phi) is 8.69. The maximum atomic E-state index is 14.5. The van der Waals surface area contributed by atoms with E-state index in [0.29, 0.717) is 12.8 Å². The molecule has 10 heteroatoms. The van der Waals surface area contributed by atoms with Gasteiger partial charge in [0.15, 0.2) is 11.6 Å². The highest BCUT2D eigenvalue weighted by molar-refractivity contribution is 14.1. The average Bonchev–Trinajstić information content (AvgIpc) is 2.66. The van der Waals surface area contributed by atoms with Crippen molar-refractivity contribution in [1.82, 2.24) is 5.48 Å². The van der Waals surface area contributed by atoms with Gasteiger partial charge in [0.25, 0.3) is 5.91 Å². The van der Waals surface area contributed by atoms with Gasteiger partial charge in [0, 0.05) is 3.57 Å². The average molecular weight is 545 g/mol. The summed E-state index contributed by atoms with van der Waals surface area (Å²) in [6, 6.07) is 5.89. The molecular formula is C18H17Cl2F2IN2O3. The molecule has 5 nitrogen and oxygen atoms in total. The van der Waals surface area contributed by atoms with Crippen LogP contribution in [0.5, 0.6) is 0 Å². The molecule has 0 saturated carbocycles. The molecule has 2 rings (SSSR count). The molecule has 0 radical (unpaired) electrons. The second-order valence-corrected chi connectivity index (χ2v) is 7.85. The molecule has 0 aliphatic rings. The molecule has 0 aliphatic heterocycles. The van der Waals surface area contributed by atoms with E-state index in [2.05, 4.69) is 33.4 Å². The fourth-order valence-corrected chi connectivity index (χ4v) is 3.29. The standard InChI is InChI=1S/C18H17Cl2F2IN2O3/c1-2-10(26)5-6-28-25-18(27)11-8-13(20)15(21)16(22)17(11)24-14-4-3-9(23)7-12(14)19/h3-4,7-8,10,24,26H,2,5-6H2,1H3,(H,25,27). The van der Waals surface area contributed by atoms with Gasteiger partial charge >= 0.3 is 0 Å². The molecule has 0 aliphatic carbocycles. The van der Waals surface area contributed by atoms with Crippen LogP contribution in [0.2, 0.25) is 10.0 Å². The number of carbonyl (C=O) groups excluding carboxylic acids is 1. The number of benzene rings is 2. The minimum Gasteiger partial charge on any atom is -0.393 e. The highest BCUT2D eigenvalue weighted by Gasteiger charge is 2.23. The van der Waals surface area contributed by atoms with Crippen molar-refractivity contribution in [2.24, 2.45) is 0 Å². The van der Waals surface area contributed by atoms with Crippen LogP contribution in [0.25, 0.3) is 0 Å². The van der Waals surface area contributed by atoms with Crippen molar-refractivity contribution < 1.29 is 23.5 Å². The molecular weight excluding hydrogens is 528 g/mol. The van der Waals surface area contributed by atoms with Crippen molar-refractivity contribution in [2.75, 3.05) is 11.9 Å². The van der Waals surface area contributed by atoms with Gasteiger partial charge in [-0.2, -0.15) is 0 Å². The van der Waals surface area contributed by atoms with Crippen LogP contribution in [0.4, 0.5) is 20.2 Å². The summed E-state index contributed by atoms with van der Waals surface area (Å²) in [5.41, 5.74) is 1.71.